The van der Waals surface area contributed by atoms with Gasteiger partial charge in [0.25, 0.3) is 10.0 Å². The Morgan fingerprint density at radius 2 is 1.53 bits per heavy atom. The summed E-state index contributed by atoms with van der Waals surface area (Å²) in [4.78, 5) is 3.96. The van der Waals surface area contributed by atoms with Gasteiger partial charge in [0.15, 0.2) is 0 Å². The van der Waals surface area contributed by atoms with Crippen LogP contribution in [0.4, 0.5) is 0 Å². The zero-order chi connectivity index (χ0) is 21.1. The smallest absolute Gasteiger partial charge is 0.276 e. The Bertz CT molecular complexity index is 1250. The minimum absolute atomic E-state index is 0.147. The third-order valence-corrected chi connectivity index (χ3v) is 6.05. The molecule has 152 valence electrons. The topological polar surface area (TPSA) is 73.2 Å². The van der Waals surface area contributed by atoms with Gasteiger partial charge in [0.1, 0.15) is 5.75 Å². The molecule has 0 spiro atoms. The number of rotatable bonds is 6. The number of methoxy groups -OCH3 is 1. The van der Waals surface area contributed by atoms with Crippen molar-refractivity contribution in [2.24, 2.45) is 0 Å². The molecule has 0 saturated heterocycles. The summed E-state index contributed by atoms with van der Waals surface area (Å²) in [6.07, 6.45) is 0. The number of ether oxygens (including phenoxy) is 1. The maximum absolute atomic E-state index is 12.9. The summed E-state index contributed by atoms with van der Waals surface area (Å²) >= 11 is 6.01. The predicted octanol–water partition coefficient (Wildman–Crippen LogP) is 4.81. The Hall–Kier alpha value is -3.29. The molecule has 0 aliphatic rings. The number of halogens is 1. The summed E-state index contributed by atoms with van der Waals surface area (Å²) in [7, 11) is -2.23. The molecule has 4 aromatic rings. The summed E-state index contributed by atoms with van der Waals surface area (Å²) in [6, 6.07) is 24.4. The maximum Gasteiger partial charge on any atom is 0.276 e. The number of nitrogens with one attached hydrogen (secondary N) is 1. The molecule has 0 aliphatic carbocycles. The molecule has 3 aromatic carbocycles. The summed E-state index contributed by atoms with van der Waals surface area (Å²) in [6.45, 7) is 0. The third kappa shape index (κ3) is 4.17. The van der Waals surface area contributed by atoms with Crippen LogP contribution in [0.2, 0.25) is 5.02 Å². The summed E-state index contributed by atoms with van der Waals surface area (Å²) in [5, 5.41) is 5.09. The molecule has 0 radical (unpaired) electrons. The van der Waals surface area contributed by atoms with Crippen molar-refractivity contribution in [3.8, 4) is 28.3 Å². The minimum Gasteiger partial charge on any atom is -0.497 e. The molecule has 0 saturated carbocycles. The number of sulfonamides is 1. The highest BCUT2D eigenvalue weighted by atomic mass is 35.5. The van der Waals surface area contributed by atoms with E-state index in [1.165, 1.54) is 16.9 Å². The van der Waals surface area contributed by atoms with Crippen molar-refractivity contribution in [3.63, 3.8) is 0 Å². The highest BCUT2D eigenvalue weighted by molar-refractivity contribution is 7.92. The quantitative estimate of drug-likeness (QED) is 0.467. The lowest BCUT2D eigenvalue weighted by Crippen LogP contribution is -2.25. The largest absolute Gasteiger partial charge is 0.497 e. The van der Waals surface area contributed by atoms with Crippen LogP contribution in [0, 0.1) is 0 Å². The average molecular weight is 440 g/mol. The van der Waals surface area contributed by atoms with E-state index in [2.05, 4.69) is 9.93 Å². The summed E-state index contributed by atoms with van der Waals surface area (Å²) in [5.41, 5.74) is 2.78. The fourth-order valence-corrected chi connectivity index (χ4v) is 4.06. The molecule has 0 atom stereocenters. The Kier molecular flexibility index (Phi) is 5.48. The van der Waals surface area contributed by atoms with Crippen LogP contribution in [0.1, 0.15) is 0 Å². The van der Waals surface area contributed by atoms with E-state index < -0.39 is 10.0 Å². The van der Waals surface area contributed by atoms with Crippen LogP contribution in [0.15, 0.2) is 89.8 Å². The van der Waals surface area contributed by atoms with Gasteiger partial charge in [-0.1, -0.05) is 41.9 Å². The van der Waals surface area contributed by atoms with Crippen LogP contribution in [-0.4, -0.2) is 25.4 Å². The second-order valence-electron chi connectivity index (χ2n) is 6.47. The molecule has 6 nitrogen and oxygen atoms in total. The SMILES string of the molecule is COc1ccc(-c2cc(-c3ccc(Cl)cc3)n(NS(=O)(=O)c3ccccc3)n2)cc1. The van der Waals surface area contributed by atoms with Crippen molar-refractivity contribution < 1.29 is 13.2 Å². The van der Waals surface area contributed by atoms with Crippen molar-refractivity contribution in [1.82, 2.24) is 9.89 Å². The number of hydrogen-bond donors (Lipinski definition) is 1. The first-order chi connectivity index (χ1) is 14.5. The van der Waals surface area contributed by atoms with Crippen LogP contribution in [0.5, 0.6) is 5.75 Å². The molecular formula is C22H18ClN3O3S. The first kappa shape index (κ1) is 20.0. The van der Waals surface area contributed by atoms with E-state index in [1.54, 1.807) is 37.4 Å². The van der Waals surface area contributed by atoms with Gasteiger partial charge >= 0.3 is 0 Å². The van der Waals surface area contributed by atoms with Crippen molar-refractivity contribution >= 4 is 21.6 Å². The monoisotopic (exact) mass is 439 g/mol. The van der Waals surface area contributed by atoms with E-state index in [4.69, 9.17) is 16.3 Å². The van der Waals surface area contributed by atoms with Gasteiger partial charge in [0.05, 0.1) is 23.4 Å². The number of benzene rings is 3. The molecule has 0 unspecified atom stereocenters. The molecule has 30 heavy (non-hydrogen) atoms. The molecule has 0 aliphatic heterocycles. The van der Waals surface area contributed by atoms with E-state index in [0.29, 0.717) is 16.4 Å². The van der Waals surface area contributed by atoms with Gasteiger partial charge < -0.3 is 4.74 Å². The highest BCUT2D eigenvalue weighted by Crippen LogP contribution is 2.28. The fraction of sp³-hybridized carbons (Fsp3) is 0.0455. The average Bonchev–Trinajstić information content (AvgIpc) is 3.18. The lowest BCUT2D eigenvalue weighted by molar-refractivity contribution is 0.415. The van der Waals surface area contributed by atoms with Gasteiger partial charge in [-0.2, -0.15) is 23.1 Å². The van der Waals surface area contributed by atoms with Crippen molar-refractivity contribution in [2.45, 2.75) is 4.90 Å². The minimum atomic E-state index is -3.83. The molecule has 0 amide bonds. The zero-order valence-electron chi connectivity index (χ0n) is 16.0. The fourth-order valence-electron chi connectivity index (χ4n) is 2.95. The summed E-state index contributed by atoms with van der Waals surface area (Å²) in [5.74, 6) is 0.723. The van der Waals surface area contributed by atoms with Gasteiger partial charge in [-0.25, -0.2) is 0 Å². The second-order valence-corrected chi connectivity index (χ2v) is 8.57. The van der Waals surface area contributed by atoms with E-state index in [1.807, 2.05) is 42.5 Å². The van der Waals surface area contributed by atoms with Gasteiger partial charge in [-0.05, 0) is 54.6 Å². The van der Waals surface area contributed by atoms with Gasteiger partial charge in [0.2, 0.25) is 0 Å². The first-order valence-electron chi connectivity index (χ1n) is 9.04. The normalized spacial score (nSPS) is 11.3. The number of hydrogen-bond acceptors (Lipinski definition) is 4. The third-order valence-electron chi connectivity index (χ3n) is 4.50. The van der Waals surface area contributed by atoms with Gasteiger partial charge in [-0.15, -0.1) is 0 Å². The first-order valence-corrected chi connectivity index (χ1v) is 10.9. The van der Waals surface area contributed by atoms with E-state index >= 15 is 0 Å². The molecule has 4 rings (SSSR count). The standard InChI is InChI=1S/C22H18ClN3O3S/c1-29-19-13-9-16(10-14-19)21-15-22(17-7-11-18(23)12-8-17)26(24-21)25-30(27,28)20-5-3-2-4-6-20/h2-15,25H,1H3. The molecule has 0 fully saturated rings. The molecule has 1 heterocycles. The molecule has 1 N–H and O–H groups in total. The van der Waals surface area contributed by atoms with Crippen molar-refractivity contribution in [3.05, 3.63) is 90.0 Å². The second kappa shape index (κ2) is 8.22. The van der Waals surface area contributed by atoms with E-state index in [-0.39, 0.29) is 4.90 Å². The number of nitrogens with zero attached hydrogens (tertiary/aromatic N) is 2. The van der Waals surface area contributed by atoms with Crippen LogP contribution in [-0.2, 0) is 10.0 Å². The Morgan fingerprint density at radius 3 is 2.17 bits per heavy atom. The Morgan fingerprint density at radius 1 is 0.900 bits per heavy atom. The highest BCUT2D eigenvalue weighted by Gasteiger charge is 2.19. The Balaban J connectivity index is 1.79. The zero-order valence-corrected chi connectivity index (χ0v) is 17.6. The van der Waals surface area contributed by atoms with Gasteiger partial charge in [-0.3, -0.25) is 0 Å². The summed E-state index contributed by atoms with van der Waals surface area (Å²) < 4.78 is 30.9. The molecule has 1 aromatic heterocycles. The maximum atomic E-state index is 12.9. The van der Waals surface area contributed by atoms with Gasteiger partial charge in [0, 0.05) is 16.1 Å². The molecule has 8 heteroatoms. The molecular weight excluding hydrogens is 422 g/mol. The predicted molar refractivity (Wildman–Crippen MR) is 118 cm³/mol. The van der Waals surface area contributed by atoms with Crippen LogP contribution < -0.4 is 9.57 Å². The van der Waals surface area contributed by atoms with E-state index in [0.717, 1.165) is 16.9 Å². The Labute approximate surface area is 179 Å². The number of aromatic nitrogens is 2. The molecule has 0 bridgehead atoms. The van der Waals surface area contributed by atoms with Crippen LogP contribution in [0.3, 0.4) is 0 Å². The van der Waals surface area contributed by atoms with Crippen molar-refractivity contribution in [2.75, 3.05) is 11.9 Å². The van der Waals surface area contributed by atoms with E-state index in [9.17, 15) is 8.42 Å². The lowest BCUT2D eigenvalue weighted by Gasteiger charge is -2.11. The van der Waals surface area contributed by atoms with Crippen LogP contribution >= 0.6 is 11.6 Å². The lowest BCUT2D eigenvalue weighted by atomic mass is 10.1. The van der Waals surface area contributed by atoms with Crippen LogP contribution in [0.25, 0.3) is 22.5 Å². The van der Waals surface area contributed by atoms with Crippen molar-refractivity contribution in [1.29, 1.82) is 0 Å².